The molecule has 0 fully saturated rings. The predicted molar refractivity (Wildman–Crippen MR) is 61.3 cm³/mol. The number of likely N-dealkylation sites (N-methyl/N-ethyl adjacent to an activating group) is 1. The highest BCUT2D eigenvalue weighted by Gasteiger charge is 2.28. The van der Waals surface area contributed by atoms with Crippen LogP contribution in [0.1, 0.15) is 5.56 Å². The van der Waals surface area contributed by atoms with Gasteiger partial charge in [-0.25, -0.2) is 0 Å². The van der Waals surface area contributed by atoms with Crippen LogP contribution in [-0.4, -0.2) is 29.5 Å². The highest BCUT2D eigenvalue weighted by atomic mass is 79.9. The summed E-state index contributed by atoms with van der Waals surface area (Å²) in [6.45, 7) is 0.292. The third kappa shape index (κ3) is 1.77. The van der Waals surface area contributed by atoms with Gasteiger partial charge in [-0.2, -0.15) is 0 Å². The highest BCUT2D eigenvalue weighted by molar-refractivity contribution is 9.10. The number of benzene rings is 1. The van der Waals surface area contributed by atoms with Crippen LogP contribution in [0.3, 0.4) is 0 Å². The third-order valence-electron chi connectivity index (χ3n) is 2.35. The molecule has 4 heteroatoms. The van der Waals surface area contributed by atoms with Gasteiger partial charge in [0.15, 0.2) is 0 Å². The standard InChI is InChI=1S/C11H10BrNO2/c1-13-6-9(14)10(11(13)15)7-3-2-4-8(12)5-7/h2-5,14H,6H2,1H3. The van der Waals surface area contributed by atoms with Crippen LogP contribution < -0.4 is 0 Å². The van der Waals surface area contributed by atoms with Crippen LogP contribution in [0.5, 0.6) is 0 Å². The van der Waals surface area contributed by atoms with Crippen LogP contribution in [0, 0.1) is 0 Å². The number of nitrogens with zero attached hydrogens (tertiary/aromatic N) is 1. The first-order chi connectivity index (χ1) is 7.09. The van der Waals surface area contributed by atoms with Crippen molar-refractivity contribution in [2.75, 3.05) is 13.6 Å². The Morgan fingerprint density at radius 3 is 2.73 bits per heavy atom. The number of halogens is 1. The molecule has 78 valence electrons. The molecule has 1 aromatic rings. The van der Waals surface area contributed by atoms with Gasteiger partial charge in [-0.3, -0.25) is 4.79 Å². The van der Waals surface area contributed by atoms with Gasteiger partial charge in [-0.05, 0) is 17.7 Å². The Morgan fingerprint density at radius 2 is 2.20 bits per heavy atom. The average Bonchev–Trinajstić information content (AvgIpc) is 2.41. The van der Waals surface area contributed by atoms with E-state index in [1.807, 2.05) is 24.3 Å². The van der Waals surface area contributed by atoms with E-state index in [1.165, 1.54) is 4.90 Å². The summed E-state index contributed by atoms with van der Waals surface area (Å²) >= 11 is 3.34. The van der Waals surface area contributed by atoms with E-state index in [1.54, 1.807) is 7.05 Å². The van der Waals surface area contributed by atoms with Crippen LogP contribution >= 0.6 is 15.9 Å². The fourth-order valence-corrected chi connectivity index (χ4v) is 2.02. The van der Waals surface area contributed by atoms with E-state index < -0.39 is 0 Å². The van der Waals surface area contributed by atoms with Crippen LogP contribution in [0.4, 0.5) is 0 Å². The van der Waals surface area contributed by atoms with Crippen molar-refractivity contribution >= 4 is 27.4 Å². The topological polar surface area (TPSA) is 40.5 Å². The molecule has 0 saturated heterocycles. The first-order valence-corrected chi connectivity index (χ1v) is 5.32. The van der Waals surface area contributed by atoms with Crippen molar-refractivity contribution in [1.29, 1.82) is 0 Å². The molecular weight excluding hydrogens is 258 g/mol. The molecule has 2 rings (SSSR count). The predicted octanol–water partition coefficient (Wildman–Crippen LogP) is 2.19. The minimum Gasteiger partial charge on any atom is -0.510 e. The molecular formula is C11H10BrNO2. The molecule has 1 N–H and O–H groups in total. The minimum absolute atomic E-state index is 0.134. The van der Waals surface area contributed by atoms with Gasteiger partial charge in [-0.15, -0.1) is 0 Å². The molecule has 0 saturated carbocycles. The van der Waals surface area contributed by atoms with Crippen molar-refractivity contribution in [3.63, 3.8) is 0 Å². The molecule has 0 spiro atoms. The second-order valence-electron chi connectivity index (χ2n) is 3.49. The third-order valence-corrected chi connectivity index (χ3v) is 2.84. The molecule has 1 aliphatic heterocycles. The summed E-state index contributed by atoms with van der Waals surface area (Å²) in [6, 6.07) is 7.35. The Kier molecular flexibility index (Phi) is 2.52. The molecule has 1 amide bonds. The number of hydrogen-bond donors (Lipinski definition) is 1. The molecule has 0 atom stereocenters. The number of aliphatic hydroxyl groups is 1. The van der Waals surface area contributed by atoms with E-state index in [0.29, 0.717) is 12.1 Å². The summed E-state index contributed by atoms with van der Waals surface area (Å²) in [5, 5.41) is 9.68. The SMILES string of the molecule is CN1CC(O)=C(c2cccc(Br)c2)C1=O. The molecule has 0 aliphatic carbocycles. The summed E-state index contributed by atoms with van der Waals surface area (Å²) in [6.07, 6.45) is 0. The Hall–Kier alpha value is -1.29. The molecule has 0 unspecified atom stereocenters. The Morgan fingerprint density at radius 1 is 1.47 bits per heavy atom. The van der Waals surface area contributed by atoms with Crippen molar-refractivity contribution in [3.8, 4) is 0 Å². The van der Waals surface area contributed by atoms with E-state index in [4.69, 9.17) is 0 Å². The summed E-state index contributed by atoms with van der Waals surface area (Å²) in [7, 11) is 1.67. The quantitative estimate of drug-likeness (QED) is 0.848. The van der Waals surface area contributed by atoms with Gasteiger partial charge < -0.3 is 10.0 Å². The molecule has 15 heavy (non-hydrogen) atoms. The van der Waals surface area contributed by atoms with Gasteiger partial charge in [0.25, 0.3) is 5.91 Å². The maximum Gasteiger partial charge on any atom is 0.258 e. The number of amides is 1. The molecule has 1 aromatic carbocycles. The largest absolute Gasteiger partial charge is 0.510 e. The van der Waals surface area contributed by atoms with Crippen LogP contribution in [0.25, 0.3) is 5.57 Å². The number of aliphatic hydroxyl groups excluding tert-OH is 1. The second-order valence-corrected chi connectivity index (χ2v) is 4.41. The summed E-state index contributed by atoms with van der Waals surface area (Å²) in [4.78, 5) is 13.2. The summed E-state index contributed by atoms with van der Waals surface area (Å²) in [5.74, 6) is 0.00574. The number of rotatable bonds is 1. The zero-order valence-corrected chi connectivity index (χ0v) is 9.78. The van der Waals surface area contributed by atoms with Crippen LogP contribution in [-0.2, 0) is 4.79 Å². The van der Waals surface area contributed by atoms with Gasteiger partial charge in [-0.1, -0.05) is 28.1 Å². The fourth-order valence-electron chi connectivity index (χ4n) is 1.62. The Bertz CT molecular complexity index is 454. The van der Waals surface area contributed by atoms with E-state index in [9.17, 15) is 9.90 Å². The number of carbonyl (C=O) groups excluding carboxylic acids is 1. The fraction of sp³-hybridized carbons (Fsp3) is 0.182. The molecule has 0 aromatic heterocycles. The van der Waals surface area contributed by atoms with Crippen molar-refractivity contribution in [3.05, 3.63) is 40.1 Å². The monoisotopic (exact) mass is 267 g/mol. The lowest BCUT2D eigenvalue weighted by atomic mass is 10.1. The summed E-state index contributed by atoms with van der Waals surface area (Å²) < 4.78 is 0.891. The molecule has 1 heterocycles. The van der Waals surface area contributed by atoms with Gasteiger partial charge >= 0.3 is 0 Å². The van der Waals surface area contributed by atoms with E-state index >= 15 is 0 Å². The number of hydrogen-bond acceptors (Lipinski definition) is 2. The zero-order valence-electron chi connectivity index (χ0n) is 8.20. The van der Waals surface area contributed by atoms with Gasteiger partial charge in [0, 0.05) is 11.5 Å². The lowest BCUT2D eigenvalue weighted by molar-refractivity contribution is -0.122. The van der Waals surface area contributed by atoms with Gasteiger partial charge in [0.1, 0.15) is 5.76 Å². The van der Waals surface area contributed by atoms with Crippen molar-refractivity contribution in [2.45, 2.75) is 0 Å². The second kappa shape index (κ2) is 3.70. The van der Waals surface area contributed by atoms with Crippen LogP contribution in [0.15, 0.2) is 34.5 Å². The van der Waals surface area contributed by atoms with E-state index in [0.717, 1.165) is 10.0 Å². The van der Waals surface area contributed by atoms with Crippen molar-refractivity contribution in [2.24, 2.45) is 0 Å². The average molecular weight is 268 g/mol. The first kappa shape index (κ1) is 10.2. The minimum atomic E-state index is -0.134. The smallest absolute Gasteiger partial charge is 0.258 e. The Balaban J connectivity index is 2.48. The lowest BCUT2D eigenvalue weighted by Gasteiger charge is -2.07. The molecule has 1 aliphatic rings. The van der Waals surface area contributed by atoms with E-state index in [2.05, 4.69) is 15.9 Å². The first-order valence-electron chi connectivity index (χ1n) is 4.53. The number of carbonyl (C=O) groups is 1. The molecule has 0 bridgehead atoms. The maximum atomic E-state index is 11.7. The van der Waals surface area contributed by atoms with Crippen molar-refractivity contribution < 1.29 is 9.90 Å². The highest BCUT2D eigenvalue weighted by Crippen LogP contribution is 2.27. The van der Waals surface area contributed by atoms with Gasteiger partial charge in [0.05, 0.1) is 12.1 Å². The normalized spacial score (nSPS) is 16.4. The van der Waals surface area contributed by atoms with Crippen LogP contribution in [0.2, 0.25) is 0 Å². The Labute approximate surface area is 96.1 Å². The summed E-state index contributed by atoms with van der Waals surface area (Å²) in [5.41, 5.74) is 1.15. The van der Waals surface area contributed by atoms with E-state index in [-0.39, 0.29) is 11.7 Å². The molecule has 3 nitrogen and oxygen atoms in total. The van der Waals surface area contributed by atoms with Crippen molar-refractivity contribution in [1.82, 2.24) is 4.90 Å². The lowest BCUT2D eigenvalue weighted by Crippen LogP contribution is -2.21. The molecule has 0 radical (unpaired) electrons. The zero-order chi connectivity index (χ0) is 11.0. The maximum absolute atomic E-state index is 11.7. The van der Waals surface area contributed by atoms with Gasteiger partial charge in [0.2, 0.25) is 0 Å².